The third-order valence-corrected chi connectivity index (χ3v) is 8.51. The fraction of sp³-hybridized carbons (Fsp3) is 0.886. The van der Waals surface area contributed by atoms with Gasteiger partial charge in [-0.3, -0.25) is 9.59 Å². The summed E-state index contributed by atoms with van der Waals surface area (Å²) < 4.78 is 11.3. The Labute approximate surface area is 242 Å². The lowest BCUT2D eigenvalue weighted by Gasteiger charge is -2.34. The predicted octanol–water partition coefficient (Wildman–Crippen LogP) is 10.7. The van der Waals surface area contributed by atoms with Gasteiger partial charge >= 0.3 is 11.9 Å². The zero-order chi connectivity index (χ0) is 28.4. The molecule has 0 saturated carbocycles. The van der Waals surface area contributed by atoms with Crippen LogP contribution in [0.15, 0.2) is 12.2 Å². The van der Waals surface area contributed by atoms with E-state index in [1.165, 1.54) is 116 Å². The average molecular weight is 549 g/mol. The summed E-state index contributed by atoms with van der Waals surface area (Å²) in [6, 6.07) is 0. The van der Waals surface area contributed by atoms with E-state index in [4.69, 9.17) is 9.47 Å². The Hall–Kier alpha value is -1.32. The van der Waals surface area contributed by atoms with Crippen LogP contribution in [0.1, 0.15) is 175 Å². The van der Waals surface area contributed by atoms with Crippen LogP contribution < -0.4 is 0 Å². The molecule has 1 aliphatic rings. The van der Waals surface area contributed by atoms with Gasteiger partial charge in [-0.15, -0.1) is 0 Å². The molecule has 0 aromatic carbocycles. The van der Waals surface area contributed by atoms with Gasteiger partial charge in [-0.1, -0.05) is 154 Å². The van der Waals surface area contributed by atoms with Gasteiger partial charge in [0.15, 0.2) is 0 Å². The monoisotopic (exact) mass is 548 g/mol. The van der Waals surface area contributed by atoms with Crippen molar-refractivity contribution in [2.45, 2.75) is 175 Å². The van der Waals surface area contributed by atoms with Crippen LogP contribution in [0.3, 0.4) is 0 Å². The topological polar surface area (TPSA) is 52.6 Å². The maximum Gasteiger partial charge on any atom is 0.316 e. The lowest BCUT2D eigenvalue weighted by molar-refractivity contribution is -0.166. The molecule has 1 rings (SSSR count). The van der Waals surface area contributed by atoms with Crippen LogP contribution in [0.4, 0.5) is 0 Å². The van der Waals surface area contributed by atoms with Crippen molar-refractivity contribution in [1.29, 1.82) is 0 Å². The molecule has 39 heavy (non-hydrogen) atoms. The highest BCUT2D eigenvalue weighted by atomic mass is 16.5. The Balaban J connectivity index is 2.15. The van der Waals surface area contributed by atoms with Crippen LogP contribution >= 0.6 is 0 Å². The molecule has 0 aromatic rings. The first-order chi connectivity index (χ1) is 19.1. The van der Waals surface area contributed by atoms with E-state index in [-0.39, 0.29) is 11.9 Å². The summed E-state index contributed by atoms with van der Waals surface area (Å²) in [7, 11) is 0. The number of rotatable bonds is 26. The Morgan fingerprint density at radius 2 is 1.00 bits per heavy atom. The molecule has 228 valence electrons. The summed E-state index contributed by atoms with van der Waals surface area (Å²) >= 11 is 0. The molecule has 0 aliphatic heterocycles. The third-order valence-electron chi connectivity index (χ3n) is 8.51. The number of ether oxygens (including phenoxy) is 2. The molecule has 0 amide bonds. The maximum atomic E-state index is 13.0. The van der Waals surface area contributed by atoms with Crippen molar-refractivity contribution in [3.8, 4) is 0 Å². The third kappa shape index (κ3) is 17.2. The van der Waals surface area contributed by atoms with E-state index >= 15 is 0 Å². The molecular formula is C35H64O4. The van der Waals surface area contributed by atoms with Gasteiger partial charge in [0.25, 0.3) is 0 Å². The smallest absolute Gasteiger partial charge is 0.316 e. The van der Waals surface area contributed by atoms with Gasteiger partial charge in [0.1, 0.15) is 0 Å². The van der Waals surface area contributed by atoms with Crippen LogP contribution in [0.2, 0.25) is 0 Å². The SMILES string of the molecule is CCCCCCCCCCCCCOC(=O)C1CCC=CC1(C)C(=O)OCCCCCCCCCCCCC. The number of hydrogen-bond acceptors (Lipinski definition) is 4. The molecule has 0 saturated heterocycles. The Bertz CT molecular complexity index is 628. The predicted molar refractivity (Wildman–Crippen MR) is 165 cm³/mol. The molecule has 4 heteroatoms. The van der Waals surface area contributed by atoms with Crippen LogP contribution in [-0.2, 0) is 19.1 Å². The molecule has 0 spiro atoms. The molecular weight excluding hydrogens is 484 g/mol. The molecule has 4 nitrogen and oxygen atoms in total. The number of carbonyl (C=O) groups excluding carboxylic acids is 2. The molecule has 0 fully saturated rings. The fourth-order valence-corrected chi connectivity index (χ4v) is 5.71. The molecule has 1 aliphatic carbocycles. The van der Waals surface area contributed by atoms with Crippen LogP contribution in [0.25, 0.3) is 0 Å². The van der Waals surface area contributed by atoms with Gasteiger partial charge in [-0.25, -0.2) is 0 Å². The second-order valence-corrected chi connectivity index (χ2v) is 12.2. The van der Waals surface area contributed by atoms with Gasteiger partial charge < -0.3 is 9.47 Å². The van der Waals surface area contributed by atoms with Crippen LogP contribution in [0.5, 0.6) is 0 Å². The van der Waals surface area contributed by atoms with Gasteiger partial charge in [-0.2, -0.15) is 0 Å². The van der Waals surface area contributed by atoms with Crippen molar-refractivity contribution in [3.05, 3.63) is 12.2 Å². The zero-order valence-electron chi connectivity index (χ0n) is 26.2. The van der Waals surface area contributed by atoms with E-state index in [1.807, 2.05) is 19.1 Å². The summed E-state index contributed by atoms with van der Waals surface area (Å²) in [4.78, 5) is 25.9. The molecule has 0 aromatic heterocycles. The summed E-state index contributed by atoms with van der Waals surface area (Å²) in [5, 5.41) is 0. The normalized spacial score (nSPS) is 18.8. The minimum atomic E-state index is -0.912. The number of hydrogen-bond donors (Lipinski definition) is 0. The minimum absolute atomic E-state index is 0.236. The molecule has 2 unspecified atom stereocenters. The standard InChI is InChI=1S/C35H64O4/c1-4-6-8-10-12-14-16-18-20-22-26-30-38-33(36)32-28-24-25-29-35(32,3)34(37)39-31-27-23-21-19-17-15-13-11-9-7-5-2/h25,29,32H,4-24,26-28,30-31H2,1-3H3. The van der Waals surface area contributed by atoms with Crippen molar-refractivity contribution in [2.75, 3.05) is 13.2 Å². The van der Waals surface area contributed by atoms with E-state index in [0.717, 1.165) is 32.1 Å². The number of allylic oxidation sites excluding steroid dienone is 1. The number of unbranched alkanes of at least 4 members (excludes halogenated alkanes) is 20. The zero-order valence-corrected chi connectivity index (χ0v) is 26.2. The van der Waals surface area contributed by atoms with Gasteiger partial charge in [-0.05, 0) is 32.6 Å². The van der Waals surface area contributed by atoms with Crippen molar-refractivity contribution in [1.82, 2.24) is 0 Å². The largest absolute Gasteiger partial charge is 0.465 e. The highest BCUT2D eigenvalue weighted by Crippen LogP contribution is 2.38. The van der Waals surface area contributed by atoms with Crippen molar-refractivity contribution >= 4 is 11.9 Å². The lowest BCUT2D eigenvalue weighted by Crippen LogP contribution is -2.42. The first kappa shape index (κ1) is 35.7. The average Bonchev–Trinajstić information content (AvgIpc) is 2.94. The van der Waals surface area contributed by atoms with Gasteiger partial charge in [0.05, 0.1) is 24.5 Å². The summed E-state index contributed by atoms with van der Waals surface area (Å²) in [6.07, 6.45) is 33.3. The maximum absolute atomic E-state index is 13.0. The Morgan fingerprint density at radius 1 is 0.615 bits per heavy atom. The van der Waals surface area contributed by atoms with Gasteiger partial charge in [0, 0.05) is 0 Å². The Morgan fingerprint density at radius 3 is 1.44 bits per heavy atom. The van der Waals surface area contributed by atoms with E-state index in [0.29, 0.717) is 19.6 Å². The van der Waals surface area contributed by atoms with E-state index < -0.39 is 11.3 Å². The second-order valence-electron chi connectivity index (χ2n) is 12.2. The van der Waals surface area contributed by atoms with Crippen molar-refractivity contribution < 1.29 is 19.1 Å². The first-order valence-electron chi connectivity index (χ1n) is 17.1. The fourth-order valence-electron chi connectivity index (χ4n) is 5.71. The highest BCUT2D eigenvalue weighted by molar-refractivity contribution is 5.87. The molecule has 0 radical (unpaired) electrons. The quantitative estimate of drug-likeness (QED) is 0.0613. The summed E-state index contributed by atoms with van der Waals surface area (Å²) in [5.41, 5.74) is -0.912. The lowest BCUT2D eigenvalue weighted by atomic mass is 9.71. The van der Waals surface area contributed by atoms with Crippen LogP contribution in [-0.4, -0.2) is 25.2 Å². The number of carbonyl (C=O) groups is 2. The molecule has 0 N–H and O–H groups in total. The number of esters is 2. The van der Waals surface area contributed by atoms with Crippen molar-refractivity contribution in [2.24, 2.45) is 11.3 Å². The molecule has 0 bridgehead atoms. The first-order valence-corrected chi connectivity index (χ1v) is 17.1. The second kappa shape index (κ2) is 24.5. The summed E-state index contributed by atoms with van der Waals surface area (Å²) in [6.45, 7) is 7.27. The van der Waals surface area contributed by atoms with E-state index in [1.54, 1.807) is 0 Å². The molecule has 0 heterocycles. The summed E-state index contributed by atoms with van der Waals surface area (Å²) in [5.74, 6) is -0.956. The van der Waals surface area contributed by atoms with E-state index in [9.17, 15) is 9.59 Å². The van der Waals surface area contributed by atoms with Crippen LogP contribution in [0, 0.1) is 11.3 Å². The molecule has 2 atom stereocenters. The van der Waals surface area contributed by atoms with E-state index in [2.05, 4.69) is 13.8 Å². The minimum Gasteiger partial charge on any atom is -0.465 e. The highest BCUT2D eigenvalue weighted by Gasteiger charge is 2.46. The van der Waals surface area contributed by atoms with Crippen molar-refractivity contribution in [3.63, 3.8) is 0 Å². The Kier molecular flexibility index (Phi) is 22.4. The van der Waals surface area contributed by atoms with Gasteiger partial charge in [0.2, 0.25) is 0 Å².